The molecule has 1 N–H and O–H groups in total. The number of carbonyl (C=O) groups is 1. The summed E-state index contributed by atoms with van der Waals surface area (Å²) < 4.78 is 18.6. The standard InChI is InChI=1S/C17H15FN2O2S/c1-11(20-16(21)9-14-3-2-8-23-14)17-19-10-15(22-17)12-4-6-13(18)7-5-12/h2-8,10-11H,9H2,1H3,(H,20,21). The van der Waals surface area contributed by atoms with E-state index in [1.165, 1.54) is 12.1 Å². The van der Waals surface area contributed by atoms with Gasteiger partial charge in [-0.25, -0.2) is 9.37 Å². The number of rotatable bonds is 5. The maximum Gasteiger partial charge on any atom is 0.225 e. The fraction of sp³-hybridized carbons (Fsp3) is 0.176. The third-order valence-electron chi connectivity index (χ3n) is 3.32. The second-order valence-corrected chi connectivity index (χ2v) is 6.15. The Bertz CT molecular complexity index is 781. The Morgan fingerprint density at radius 1 is 1.35 bits per heavy atom. The lowest BCUT2D eigenvalue weighted by molar-refractivity contribution is -0.121. The van der Waals surface area contributed by atoms with E-state index >= 15 is 0 Å². The van der Waals surface area contributed by atoms with Crippen LogP contribution in [0.15, 0.2) is 52.4 Å². The number of halogens is 1. The fourth-order valence-corrected chi connectivity index (χ4v) is 2.86. The zero-order chi connectivity index (χ0) is 16.2. The number of aromatic nitrogens is 1. The molecule has 0 radical (unpaired) electrons. The molecule has 1 atom stereocenters. The minimum atomic E-state index is -0.336. The number of nitrogens with one attached hydrogen (secondary N) is 1. The molecule has 1 aromatic carbocycles. The normalized spacial score (nSPS) is 12.1. The third kappa shape index (κ3) is 3.84. The van der Waals surface area contributed by atoms with E-state index in [1.54, 1.807) is 29.7 Å². The van der Waals surface area contributed by atoms with E-state index in [0.717, 1.165) is 10.4 Å². The largest absolute Gasteiger partial charge is 0.438 e. The number of hydrogen-bond acceptors (Lipinski definition) is 4. The Hall–Kier alpha value is -2.47. The summed E-state index contributed by atoms with van der Waals surface area (Å²) in [6.45, 7) is 1.81. The monoisotopic (exact) mass is 330 g/mol. The summed E-state index contributed by atoms with van der Waals surface area (Å²) in [6, 6.07) is 9.48. The summed E-state index contributed by atoms with van der Waals surface area (Å²) >= 11 is 1.55. The van der Waals surface area contributed by atoms with Crippen molar-refractivity contribution in [2.24, 2.45) is 0 Å². The second kappa shape index (κ2) is 6.75. The first kappa shape index (κ1) is 15.4. The van der Waals surface area contributed by atoms with Crippen LogP contribution in [-0.4, -0.2) is 10.9 Å². The average molecular weight is 330 g/mol. The van der Waals surface area contributed by atoms with Crippen molar-refractivity contribution >= 4 is 17.2 Å². The lowest BCUT2D eigenvalue weighted by atomic mass is 10.2. The number of hydrogen-bond donors (Lipinski definition) is 1. The lowest BCUT2D eigenvalue weighted by Gasteiger charge is -2.09. The summed E-state index contributed by atoms with van der Waals surface area (Å²) in [5.41, 5.74) is 0.738. The Balaban J connectivity index is 1.65. The molecule has 1 unspecified atom stereocenters. The van der Waals surface area contributed by atoms with E-state index in [0.29, 0.717) is 18.1 Å². The highest BCUT2D eigenvalue weighted by Gasteiger charge is 2.16. The third-order valence-corrected chi connectivity index (χ3v) is 4.19. The van der Waals surface area contributed by atoms with Gasteiger partial charge in [-0.05, 0) is 42.6 Å². The van der Waals surface area contributed by atoms with E-state index in [2.05, 4.69) is 10.3 Å². The van der Waals surface area contributed by atoms with Gasteiger partial charge < -0.3 is 9.73 Å². The summed E-state index contributed by atoms with van der Waals surface area (Å²) in [4.78, 5) is 17.2. The molecule has 0 aliphatic carbocycles. The number of nitrogens with zero attached hydrogens (tertiary/aromatic N) is 1. The van der Waals surface area contributed by atoms with Crippen molar-refractivity contribution in [3.05, 3.63) is 64.6 Å². The number of benzene rings is 1. The van der Waals surface area contributed by atoms with Crippen LogP contribution in [0, 0.1) is 5.82 Å². The molecule has 3 aromatic rings. The van der Waals surface area contributed by atoms with Crippen molar-refractivity contribution in [1.82, 2.24) is 10.3 Å². The van der Waals surface area contributed by atoms with Gasteiger partial charge in [-0.2, -0.15) is 0 Å². The molecule has 0 aliphatic heterocycles. The van der Waals surface area contributed by atoms with Crippen molar-refractivity contribution < 1.29 is 13.6 Å². The van der Waals surface area contributed by atoms with E-state index < -0.39 is 0 Å². The first-order valence-corrected chi connectivity index (χ1v) is 8.03. The molecule has 0 saturated heterocycles. The van der Waals surface area contributed by atoms with E-state index in [1.807, 2.05) is 24.4 Å². The highest BCUT2D eigenvalue weighted by atomic mass is 32.1. The van der Waals surface area contributed by atoms with Gasteiger partial charge in [-0.3, -0.25) is 4.79 Å². The van der Waals surface area contributed by atoms with E-state index in [4.69, 9.17) is 4.42 Å². The maximum absolute atomic E-state index is 12.9. The van der Waals surface area contributed by atoms with Crippen LogP contribution in [-0.2, 0) is 11.2 Å². The summed E-state index contributed by atoms with van der Waals surface area (Å²) in [6.07, 6.45) is 1.91. The first-order valence-electron chi connectivity index (χ1n) is 7.15. The van der Waals surface area contributed by atoms with Crippen molar-refractivity contribution in [2.75, 3.05) is 0 Å². The molecule has 4 nitrogen and oxygen atoms in total. The van der Waals surface area contributed by atoms with Crippen LogP contribution < -0.4 is 5.32 Å². The topological polar surface area (TPSA) is 55.1 Å². The van der Waals surface area contributed by atoms with Crippen molar-refractivity contribution in [2.45, 2.75) is 19.4 Å². The molecular formula is C17H15FN2O2S. The van der Waals surface area contributed by atoms with Gasteiger partial charge in [0.1, 0.15) is 11.9 Å². The quantitative estimate of drug-likeness (QED) is 0.770. The van der Waals surface area contributed by atoms with Crippen LogP contribution >= 0.6 is 11.3 Å². The summed E-state index contributed by atoms with van der Waals surface area (Å²) in [5, 5.41) is 4.80. The summed E-state index contributed by atoms with van der Waals surface area (Å²) in [5.74, 6) is 0.576. The molecule has 3 rings (SSSR count). The SMILES string of the molecule is CC(NC(=O)Cc1cccs1)c1ncc(-c2ccc(F)cc2)o1. The number of thiophene rings is 1. The predicted molar refractivity (Wildman–Crippen MR) is 86.5 cm³/mol. The van der Waals surface area contributed by atoms with Crippen LogP contribution in [0.25, 0.3) is 11.3 Å². The zero-order valence-electron chi connectivity index (χ0n) is 12.5. The Morgan fingerprint density at radius 2 is 2.13 bits per heavy atom. The molecule has 0 spiro atoms. The van der Waals surface area contributed by atoms with Gasteiger partial charge in [0.2, 0.25) is 11.8 Å². The highest BCUT2D eigenvalue weighted by Crippen LogP contribution is 2.23. The van der Waals surface area contributed by atoms with Crippen LogP contribution in [0.1, 0.15) is 23.7 Å². The fourth-order valence-electron chi connectivity index (χ4n) is 2.16. The first-order chi connectivity index (χ1) is 11.1. The Kier molecular flexibility index (Phi) is 4.52. The van der Waals surface area contributed by atoms with Gasteiger partial charge in [0.05, 0.1) is 12.6 Å². The van der Waals surface area contributed by atoms with E-state index in [-0.39, 0.29) is 17.8 Å². The average Bonchev–Trinajstić information content (AvgIpc) is 3.19. The smallest absolute Gasteiger partial charge is 0.225 e. The minimum absolute atomic E-state index is 0.0820. The molecular weight excluding hydrogens is 315 g/mol. The summed E-state index contributed by atoms with van der Waals surface area (Å²) in [7, 11) is 0. The molecule has 23 heavy (non-hydrogen) atoms. The van der Waals surface area contributed by atoms with Crippen LogP contribution in [0.3, 0.4) is 0 Å². The van der Waals surface area contributed by atoms with Crippen molar-refractivity contribution in [3.8, 4) is 11.3 Å². The lowest BCUT2D eigenvalue weighted by Crippen LogP contribution is -2.28. The molecule has 0 fully saturated rings. The van der Waals surface area contributed by atoms with Crippen LogP contribution in [0.2, 0.25) is 0 Å². The second-order valence-electron chi connectivity index (χ2n) is 5.11. The molecule has 2 aromatic heterocycles. The van der Waals surface area contributed by atoms with Gasteiger partial charge in [-0.1, -0.05) is 6.07 Å². The molecule has 2 heterocycles. The number of carbonyl (C=O) groups excluding carboxylic acids is 1. The van der Waals surface area contributed by atoms with Crippen molar-refractivity contribution in [1.29, 1.82) is 0 Å². The van der Waals surface area contributed by atoms with Gasteiger partial charge >= 0.3 is 0 Å². The highest BCUT2D eigenvalue weighted by molar-refractivity contribution is 7.10. The van der Waals surface area contributed by atoms with Gasteiger partial charge in [0.25, 0.3) is 0 Å². The zero-order valence-corrected chi connectivity index (χ0v) is 13.3. The minimum Gasteiger partial charge on any atom is -0.438 e. The molecule has 0 aliphatic rings. The number of oxazole rings is 1. The predicted octanol–water partition coefficient (Wildman–Crippen LogP) is 3.96. The van der Waals surface area contributed by atoms with Gasteiger partial charge in [-0.15, -0.1) is 11.3 Å². The van der Waals surface area contributed by atoms with Gasteiger partial charge in [0, 0.05) is 10.4 Å². The molecule has 118 valence electrons. The van der Waals surface area contributed by atoms with Crippen molar-refractivity contribution in [3.63, 3.8) is 0 Å². The molecule has 6 heteroatoms. The van der Waals surface area contributed by atoms with Gasteiger partial charge in [0.15, 0.2) is 5.76 Å². The van der Waals surface area contributed by atoms with Crippen LogP contribution in [0.4, 0.5) is 4.39 Å². The maximum atomic E-state index is 12.9. The Labute approximate surface area is 137 Å². The van der Waals surface area contributed by atoms with Crippen LogP contribution in [0.5, 0.6) is 0 Å². The Morgan fingerprint density at radius 3 is 2.83 bits per heavy atom. The molecule has 1 amide bonds. The molecule has 0 bridgehead atoms. The molecule has 0 saturated carbocycles. The number of amides is 1. The van der Waals surface area contributed by atoms with E-state index in [9.17, 15) is 9.18 Å².